The van der Waals surface area contributed by atoms with Crippen molar-refractivity contribution in [3.05, 3.63) is 76.9 Å². The average molecular weight is 391 g/mol. The third-order valence-corrected chi connectivity index (χ3v) is 5.30. The van der Waals surface area contributed by atoms with E-state index in [1.807, 2.05) is 25.3 Å². The van der Waals surface area contributed by atoms with Crippen molar-refractivity contribution in [3.63, 3.8) is 0 Å². The molecular weight excluding hydrogens is 360 g/mol. The molecule has 0 aromatic carbocycles. The van der Waals surface area contributed by atoms with E-state index in [1.54, 1.807) is 6.20 Å². The van der Waals surface area contributed by atoms with Gasteiger partial charge in [0.25, 0.3) is 0 Å². The van der Waals surface area contributed by atoms with Crippen LogP contribution in [0.5, 0.6) is 5.75 Å². The van der Waals surface area contributed by atoms with E-state index in [0.717, 1.165) is 53.1 Å². The number of nitrogens with two attached hydrogens (primary N) is 1. The Labute approximate surface area is 173 Å². The maximum absolute atomic E-state index is 6.29. The van der Waals surface area contributed by atoms with E-state index in [0.29, 0.717) is 6.61 Å². The van der Waals surface area contributed by atoms with Gasteiger partial charge in [-0.05, 0) is 50.0 Å². The fourth-order valence-corrected chi connectivity index (χ4v) is 3.38. The van der Waals surface area contributed by atoms with Crippen LogP contribution >= 0.6 is 0 Å². The van der Waals surface area contributed by atoms with E-state index in [2.05, 4.69) is 53.8 Å². The molecule has 2 heterocycles. The van der Waals surface area contributed by atoms with E-state index in [-0.39, 0.29) is 6.04 Å². The number of aromatic nitrogens is 3. The van der Waals surface area contributed by atoms with Gasteiger partial charge in [0.15, 0.2) is 0 Å². The van der Waals surface area contributed by atoms with Crippen molar-refractivity contribution in [1.29, 1.82) is 0 Å². The molecule has 29 heavy (non-hydrogen) atoms. The highest BCUT2D eigenvalue weighted by atomic mass is 16.5. The highest BCUT2D eigenvalue weighted by Gasteiger charge is 2.13. The summed E-state index contributed by atoms with van der Waals surface area (Å²) < 4.78 is 5.95. The van der Waals surface area contributed by atoms with Crippen molar-refractivity contribution < 1.29 is 4.74 Å². The largest absolute Gasteiger partial charge is 0.490 e. The Hall–Kier alpha value is -2.92. The van der Waals surface area contributed by atoms with Crippen molar-refractivity contribution in [3.8, 4) is 5.75 Å². The summed E-state index contributed by atoms with van der Waals surface area (Å²) in [5, 5.41) is 7.44. The molecule has 5 heteroatoms. The first-order valence-corrected chi connectivity index (χ1v) is 10.1. The summed E-state index contributed by atoms with van der Waals surface area (Å²) in [7, 11) is 0. The first-order valence-electron chi connectivity index (χ1n) is 10.1. The molecular formula is C24H30N4O. The third kappa shape index (κ3) is 5.12. The smallest absolute Gasteiger partial charge is 0.138 e. The molecule has 1 atom stereocenters. The number of ether oxygens (including phenoxy) is 1. The van der Waals surface area contributed by atoms with Crippen molar-refractivity contribution in [2.45, 2.75) is 46.1 Å². The van der Waals surface area contributed by atoms with Crippen LogP contribution in [0.25, 0.3) is 11.6 Å². The summed E-state index contributed by atoms with van der Waals surface area (Å²) in [6, 6.07) is 1.92. The summed E-state index contributed by atoms with van der Waals surface area (Å²) in [5.41, 5.74) is 14.2. The lowest BCUT2D eigenvalue weighted by Gasteiger charge is -2.16. The van der Waals surface area contributed by atoms with Crippen LogP contribution in [0.4, 0.5) is 0 Å². The zero-order valence-corrected chi connectivity index (χ0v) is 17.5. The Morgan fingerprint density at radius 2 is 2.24 bits per heavy atom. The number of nitrogens with zero attached hydrogens (tertiary/aromatic N) is 2. The summed E-state index contributed by atoms with van der Waals surface area (Å²) in [5.74, 6) is 0.719. The van der Waals surface area contributed by atoms with Crippen LogP contribution in [0.2, 0.25) is 0 Å². The molecule has 0 spiro atoms. The number of aryl methyl sites for hydroxylation is 1. The van der Waals surface area contributed by atoms with Crippen LogP contribution in [0.1, 0.15) is 49.2 Å². The number of aromatic amines is 1. The molecule has 0 radical (unpaired) electrons. The number of nitrogens with one attached hydrogen (secondary N) is 1. The van der Waals surface area contributed by atoms with Crippen LogP contribution in [0.15, 0.2) is 54.4 Å². The SMILES string of the molecule is C=C/C(CC(N)COc1cncc(C2=Cc3c(n[nH]c3C)CC=C2)c1)=C(/C)CC. The van der Waals surface area contributed by atoms with Crippen LogP contribution < -0.4 is 10.5 Å². The topological polar surface area (TPSA) is 76.8 Å². The minimum absolute atomic E-state index is 0.0960. The van der Waals surface area contributed by atoms with Crippen molar-refractivity contribution in [1.82, 2.24) is 15.2 Å². The molecule has 1 aliphatic rings. The second kappa shape index (κ2) is 9.52. The third-order valence-electron chi connectivity index (χ3n) is 5.30. The molecule has 5 nitrogen and oxygen atoms in total. The number of fused-ring (bicyclic) bond motifs is 1. The Kier molecular flexibility index (Phi) is 6.83. The monoisotopic (exact) mass is 390 g/mol. The van der Waals surface area contributed by atoms with Gasteiger partial charge in [-0.2, -0.15) is 5.10 Å². The maximum Gasteiger partial charge on any atom is 0.138 e. The number of rotatable bonds is 8. The Bertz CT molecular complexity index is 965. The van der Waals surface area contributed by atoms with E-state index in [1.165, 1.54) is 11.1 Å². The van der Waals surface area contributed by atoms with Gasteiger partial charge in [-0.15, -0.1) is 0 Å². The fourth-order valence-electron chi connectivity index (χ4n) is 3.38. The average Bonchev–Trinajstić information content (AvgIpc) is 2.95. The Balaban J connectivity index is 1.71. The van der Waals surface area contributed by atoms with Gasteiger partial charge in [0.05, 0.1) is 11.9 Å². The van der Waals surface area contributed by atoms with Crippen LogP contribution in [-0.4, -0.2) is 27.8 Å². The number of hydrogen-bond donors (Lipinski definition) is 2. The zero-order chi connectivity index (χ0) is 20.8. The molecule has 1 unspecified atom stereocenters. The summed E-state index contributed by atoms with van der Waals surface area (Å²) >= 11 is 0. The van der Waals surface area contributed by atoms with Gasteiger partial charge < -0.3 is 10.5 Å². The maximum atomic E-state index is 6.29. The molecule has 0 bridgehead atoms. The van der Waals surface area contributed by atoms with Gasteiger partial charge in [-0.1, -0.05) is 37.3 Å². The second-order valence-electron chi connectivity index (χ2n) is 7.46. The second-order valence-corrected chi connectivity index (χ2v) is 7.46. The predicted octanol–water partition coefficient (Wildman–Crippen LogP) is 4.77. The first-order chi connectivity index (χ1) is 14.0. The highest BCUT2D eigenvalue weighted by Crippen LogP contribution is 2.27. The Morgan fingerprint density at radius 1 is 1.41 bits per heavy atom. The lowest BCUT2D eigenvalue weighted by molar-refractivity contribution is 0.286. The van der Waals surface area contributed by atoms with Gasteiger partial charge in [0, 0.05) is 35.5 Å². The van der Waals surface area contributed by atoms with Crippen molar-refractivity contribution in [2.75, 3.05) is 6.61 Å². The lowest BCUT2D eigenvalue weighted by atomic mass is 10.0. The van der Waals surface area contributed by atoms with Crippen LogP contribution in [-0.2, 0) is 6.42 Å². The molecule has 1 aliphatic carbocycles. The fraction of sp³-hybridized carbons (Fsp3) is 0.333. The molecule has 3 rings (SSSR count). The Morgan fingerprint density at radius 3 is 3.00 bits per heavy atom. The van der Waals surface area contributed by atoms with Crippen LogP contribution in [0, 0.1) is 6.92 Å². The van der Waals surface area contributed by atoms with Gasteiger partial charge >= 0.3 is 0 Å². The molecule has 152 valence electrons. The quantitative estimate of drug-likeness (QED) is 0.636. The molecule has 0 aliphatic heterocycles. The van der Waals surface area contributed by atoms with Gasteiger partial charge in [0.2, 0.25) is 0 Å². The zero-order valence-electron chi connectivity index (χ0n) is 17.5. The number of pyridine rings is 1. The molecule has 0 saturated heterocycles. The van der Waals surface area contributed by atoms with Gasteiger partial charge in [0.1, 0.15) is 12.4 Å². The summed E-state index contributed by atoms with van der Waals surface area (Å²) in [6.45, 7) is 10.6. The first kappa shape index (κ1) is 20.8. The molecule has 2 aromatic rings. The van der Waals surface area contributed by atoms with E-state index in [9.17, 15) is 0 Å². The van der Waals surface area contributed by atoms with Gasteiger partial charge in [-0.25, -0.2) is 0 Å². The van der Waals surface area contributed by atoms with Crippen molar-refractivity contribution >= 4 is 11.6 Å². The normalized spacial score (nSPS) is 15.1. The van der Waals surface area contributed by atoms with E-state index in [4.69, 9.17) is 10.5 Å². The molecule has 0 saturated carbocycles. The number of hydrogen-bond acceptors (Lipinski definition) is 4. The number of H-pyrrole nitrogens is 1. The minimum Gasteiger partial charge on any atom is -0.490 e. The minimum atomic E-state index is -0.0960. The van der Waals surface area contributed by atoms with E-state index < -0.39 is 0 Å². The molecule has 3 N–H and O–H groups in total. The van der Waals surface area contributed by atoms with E-state index >= 15 is 0 Å². The summed E-state index contributed by atoms with van der Waals surface area (Å²) in [4.78, 5) is 4.36. The van der Waals surface area contributed by atoms with Crippen molar-refractivity contribution in [2.24, 2.45) is 5.73 Å². The standard InChI is InChI=1S/C24H30N4O/c1-5-16(3)18(6-2)10-21(25)15-29-22-11-20(13-26-14-22)19-8-7-9-24-23(12-19)17(4)27-28-24/h6-8,11-14,21H,2,5,9-10,15,25H2,1,3-4H3,(H,27,28)/b18-16+. The molecule has 2 aromatic heterocycles. The molecule has 0 amide bonds. The number of allylic oxidation sites excluding steroid dienone is 5. The van der Waals surface area contributed by atoms with Gasteiger partial charge in [-0.3, -0.25) is 10.1 Å². The highest BCUT2D eigenvalue weighted by molar-refractivity contribution is 5.89. The summed E-state index contributed by atoms with van der Waals surface area (Å²) in [6.07, 6.45) is 14.4. The molecule has 0 fully saturated rings. The predicted molar refractivity (Wildman–Crippen MR) is 120 cm³/mol. The lowest BCUT2D eigenvalue weighted by Crippen LogP contribution is -2.28. The van der Waals surface area contributed by atoms with Crippen LogP contribution in [0.3, 0.4) is 0 Å².